The molecule has 1 saturated heterocycles. The molecule has 0 aromatic heterocycles. The van der Waals surface area contributed by atoms with Gasteiger partial charge in [-0.15, -0.1) is 0 Å². The molecule has 0 spiro atoms. The third-order valence-corrected chi connectivity index (χ3v) is 5.71. The molecule has 7 heteroatoms. The van der Waals surface area contributed by atoms with Crippen molar-refractivity contribution >= 4 is 29.1 Å². The van der Waals surface area contributed by atoms with Crippen LogP contribution in [-0.2, 0) is 9.59 Å². The second-order valence-electron chi connectivity index (χ2n) is 8.07. The summed E-state index contributed by atoms with van der Waals surface area (Å²) in [5, 5.41) is 2.79. The van der Waals surface area contributed by atoms with Crippen LogP contribution in [0, 0.1) is 5.82 Å². The van der Waals surface area contributed by atoms with Gasteiger partial charge in [0.15, 0.2) is 0 Å². The normalized spacial score (nSPS) is 18.3. The van der Waals surface area contributed by atoms with E-state index in [0.29, 0.717) is 24.6 Å². The molecule has 1 fully saturated rings. The summed E-state index contributed by atoms with van der Waals surface area (Å²) < 4.78 is 14.0. The van der Waals surface area contributed by atoms with Crippen molar-refractivity contribution in [1.82, 2.24) is 4.90 Å². The molecular weight excluding hydrogens is 385 g/mol. The molecule has 1 atom stereocenters. The standard InChI is InChI=1S/C23H24FN3O3/c1-14(2)15-5-8-17(9-6-15)25-21(28)13-27-20-12-16(24)7-10-18(20)22(29)26-11-3-4-19(26)23(27)30/h5-10,12,14,19H,3-4,11,13H2,1-2H3,(H,25,28). The van der Waals surface area contributed by atoms with Gasteiger partial charge in [-0.2, -0.15) is 0 Å². The van der Waals surface area contributed by atoms with Gasteiger partial charge in [-0.05, 0) is 54.7 Å². The number of carbonyl (C=O) groups excluding carboxylic acids is 3. The molecule has 0 bridgehead atoms. The van der Waals surface area contributed by atoms with E-state index in [1.807, 2.05) is 24.3 Å². The summed E-state index contributed by atoms with van der Waals surface area (Å²) in [5.41, 5.74) is 2.15. The van der Waals surface area contributed by atoms with Gasteiger partial charge in [-0.25, -0.2) is 4.39 Å². The Balaban J connectivity index is 1.60. The van der Waals surface area contributed by atoms with Gasteiger partial charge in [-0.1, -0.05) is 26.0 Å². The van der Waals surface area contributed by atoms with Crippen molar-refractivity contribution in [3.8, 4) is 0 Å². The largest absolute Gasteiger partial charge is 0.327 e. The fraction of sp³-hybridized carbons (Fsp3) is 0.348. The second-order valence-corrected chi connectivity index (χ2v) is 8.07. The minimum absolute atomic E-state index is 0.143. The molecule has 3 amide bonds. The quantitative estimate of drug-likeness (QED) is 0.840. The summed E-state index contributed by atoms with van der Waals surface area (Å²) in [6, 6.07) is 10.6. The van der Waals surface area contributed by atoms with Crippen LogP contribution in [0.15, 0.2) is 42.5 Å². The van der Waals surface area contributed by atoms with E-state index in [4.69, 9.17) is 0 Å². The zero-order valence-electron chi connectivity index (χ0n) is 17.0. The number of nitrogens with one attached hydrogen (secondary N) is 1. The summed E-state index contributed by atoms with van der Waals surface area (Å²) in [7, 11) is 0. The molecule has 1 N–H and O–H groups in total. The number of rotatable bonds is 4. The van der Waals surface area contributed by atoms with E-state index in [-0.39, 0.29) is 29.6 Å². The first kappa shape index (κ1) is 20.1. The van der Waals surface area contributed by atoms with Crippen molar-refractivity contribution < 1.29 is 18.8 Å². The first-order chi connectivity index (χ1) is 14.3. The summed E-state index contributed by atoms with van der Waals surface area (Å²) in [6.45, 7) is 4.36. The summed E-state index contributed by atoms with van der Waals surface area (Å²) in [4.78, 5) is 41.6. The van der Waals surface area contributed by atoms with Crippen LogP contribution in [0.3, 0.4) is 0 Å². The van der Waals surface area contributed by atoms with E-state index in [1.54, 1.807) is 0 Å². The van der Waals surface area contributed by atoms with Crippen LogP contribution in [0.4, 0.5) is 15.8 Å². The van der Waals surface area contributed by atoms with Crippen molar-refractivity contribution in [3.05, 3.63) is 59.4 Å². The van der Waals surface area contributed by atoms with Crippen LogP contribution in [0.2, 0.25) is 0 Å². The molecule has 2 aliphatic heterocycles. The third-order valence-electron chi connectivity index (χ3n) is 5.71. The van der Waals surface area contributed by atoms with Crippen molar-refractivity contribution in [3.63, 3.8) is 0 Å². The SMILES string of the molecule is CC(C)c1ccc(NC(=O)CN2C(=O)C3CCCN3C(=O)c3ccc(F)cc32)cc1. The molecule has 6 nitrogen and oxygen atoms in total. The lowest BCUT2D eigenvalue weighted by Crippen LogP contribution is -2.47. The average Bonchev–Trinajstić information content (AvgIpc) is 3.19. The predicted molar refractivity (Wildman–Crippen MR) is 112 cm³/mol. The van der Waals surface area contributed by atoms with E-state index in [9.17, 15) is 18.8 Å². The lowest BCUT2D eigenvalue weighted by Gasteiger charge is -2.25. The van der Waals surface area contributed by atoms with Crippen LogP contribution in [0.5, 0.6) is 0 Å². The van der Waals surface area contributed by atoms with Crippen molar-refractivity contribution in [2.24, 2.45) is 0 Å². The van der Waals surface area contributed by atoms with E-state index in [0.717, 1.165) is 18.1 Å². The Morgan fingerprint density at radius 1 is 1.17 bits per heavy atom. The third kappa shape index (κ3) is 3.67. The number of anilines is 2. The fourth-order valence-electron chi connectivity index (χ4n) is 4.09. The van der Waals surface area contributed by atoms with Crippen LogP contribution >= 0.6 is 0 Å². The highest BCUT2D eigenvalue weighted by molar-refractivity contribution is 6.13. The van der Waals surface area contributed by atoms with Gasteiger partial charge in [-0.3, -0.25) is 14.4 Å². The number of halogens is 1. The summed E-state index contributed by atoms with van der Waals surface area (Å²) in [5.74, 6) is -1.24. The molecule has 1 unspecified atom stereocenters. The molecule has 156 valence electrons. The van der Waals surface area contributed by atoms with E-state index in [2.05, 4.69) is 19.2 Å². The smallest absolute Gasteiger partial charge is 0.256 e. The predicted octanol–water partition coefficient (Wildman–Crippen LogP) is 3.54. The maximum atomic E-state index is 14.0. The van der Waals surface area contributed by atoms with Gasteiger partial charge in [0.2, 0.25) is 11.8 Å². The highest BCUT2D eigenvalue weighted by Crippen LogP contribution is 2.33. The first-order valence-corrected chi connectivity index (χ1v) is 10.2. The number of benzene rings is 2. The Morgan fingerprint density at radius 3 is 2.60 bits per heavy atom. The van der Waals surface area contributed by atoms with Crippen LogP contribution < -0.4 is 10.2 Å². The van der Waals surface area contributed by atoms with E-state index in [1.165, 1.54) is 21.9 Å². The highest BCUT2D eigenvalue weighted by atomic mass is 19.1. The minimum atomic E-state index is -0.619. The fourth-order valence-corrected chi connectivity index (χ4v) is 4.09. The number of carbonyl (C=O) groups is 3. The van der Waals surface area contributed by atoms with Crippen molar-refractivity contribution in [1.29, 1.82) is 0 Å². The Hall–Kier alpha value is -3.22. The maximum Gasteiger partial charge on any atom is 0.256 e. The first-order valence-electron chi connectivity index (χ1n) is 10.2. The molecule has 0 saturated carbocycles. The molecular formula is C23H24FN3O3. The van der Waals surface area contributed by atoms with Crippen LogP contribution in [0.25, 0.3) is 0 Å². The van der Waals surface area contributed by atoms with Crippen molar-refractivity contribution in [2.75, 3.05) is 23.3 Å². The van der Waals surface area contributed by atoms with Gasteiger partial charge in [0.25, 0.3) is 5.91 Å². The van der Waals surface area contributed by atoms with Crippen molar-refractivity contribution in [2.45, 2.75) is 38.6 Å². The molecule has 30 heavy (non-hydrogen) atoms. The Kier molecular flexibility index (Phi) is 5.28. The molecule has 4 rings (SSSR count). The zero-order valence-corrected chi connectivity index (χ0v) is 17.0. The topological polar surface area (TPSA) is 69.7 Å². The summed E-state index contributed by atoms with van der Waals surface area (Å²) >= 11 is 0. The Morgan fingerprint density at radius 2 is 1.90 bits per heavy atom. The van der Waals surface area contributed by atoms with Crippen LogP contribution in [-0.4, -0.2) is 41.8 Å². The lowest BCUT2D eigenvalue weighted by atomic mass is 10.0. The second kappa shape index (κ2) is 7.89. The zero-order chi connectivity index (χ0) is 21.4. The molecule has 2 aliphatic rings. The molecule has 2 aromatic rings. The number of fused-ring (bicyclic) bond motifs is 2. The maximum absolute atomic E-state index is 14.0. The van der Waals surface area contributed by atoms with E-state index < -0.39 is 17.8 Å². The van der Waals surface area contributed by atoms with Gasteiger partial charge in [0.1, 0.15) is 18.4 Å². The number of hydrogen-bond donors (Lipinski definition) is 1. The molecule has 2 aromatic carbocycles. The molecule has 0 radical (unpaired) electrons. The lowest BCUT2D eigenvalue weighted by molar-refractivity contribution is -0.124. The number of nitrogens with zero attached hydrogens (tertiary/aromatic N) is 2. The monoisotopic (exact) mass is 409 g/mol. The summed E-state index contributed by atoms with van der Waals surface area (Å²) in [6.07, 6.45) is 1.26. The Bertz CT molecular complexity index is 1000. The van der Waals surface area contributed by atoms with E-state index >= 15 is 0 Å². The highest BCUT2D eigenvalue weighted by Gasteiger charge is 2.42. The van der Waals surface area contributed by atoms with Crippen LogP contribution in [0.1, 0.15) is 48.5 Å². The molecule has 2 heterocycles. The number of amides is 3. The Labute approximate surface area is 174 Å². The van der Waals surface area contributed by atoms with Gasteiger partial charge >= 0.3 is 0 Å². The van der Waals surface area contributed by atoms with Gasteiger partial charge in [0, 0.05) is 12.2 Å². The van der Waals surface area contributed by atoms with Gasteiger partial charge in [0.05, 0.1) is 11.3 Å². The average molecular weight is 409 g/mol. The van der Waals surface area contributed by atoms with Gasteiger partial charge < -0.3 is 15.1 Å². The molecule has 0 aliphatic carbocycles. The minimum Gasteiger partial charge on any atom is -0.327 e. The number of hydrogen-bond acceptors (Lipinski definition) is 3.